The molecule has 2 aromatic rings. The fraction of sp³-hybridized carbons (Fsp3) is 0.462. The quantitative estimate of drug-likeness (QED) is 0.687. The second kappa shape index (κ2) is 9.93. The number of rotatable bonds is 5. The summed E-state index contributed by atoms with van der Waals surface area (Å²) in [6.45, 7) is 5.13. The molecule has 1 aliphatic carbocycles. The predicted octanol–water partition coefficient (Wildman–Crippen LogP) is 1.20. The molecule has 2 aliphatic rings. The van der Waals surface area contributed by atoms with Gasteiger partial charge in [0.25, 0.3) is 0 Å². The van der Waals surface area contributed by atoms with Gasteiger partial charge < -0.3 is 29.3 Å². The van der Waals surface area contributed by atoms with Crippen LogP contribution in [0.4, 0.5) is 5.69 Å². The van der Waals surface area contributed by atoms with Gasteiger partial charge in [0.05, 0.1) is 66.3 Å². The first kappa shape index (κ1) is 23.9. The number of likely N-dealkylation sites (N-methyl/N-ethyl adjacent to an activating group) is 1. The molecule has 1 heterocycles. The molecule has 0 spiro atoms. The lowest BCUT2D eigenvalue weighted by Gasteiger charge is -2.30. The van der Waals surface area contributed by atoms with E-state index in [2.05, 4.69) is 17.3 Å². The summed E-state index contributed by atoms with van der Waals surface area (Å²) in [5.74, 6) is 1.52. The highest BCUT2D eigenvalue weighted by Gasteiger charge is 2.30. The molecule has 182 valence electrons. The van der Waals surface area contributed by atoms with Gasteiger partial charge in [0.2, 0.25) is 17.1 Å². The lowest BCUT2D eigenvalue weighted by Crippen LogP contribution is -3.12. The number of fused-ring (bicyclic) bond motifs is 3. The molecule has 1 amide bonds. The average Bonchev–Trinajstić information content (AvgIpc) is 3.07. The third-order valence-electron chi connectivity index (χ3n) is 6.85. The van der Waals surface area contributed by atoms with E-state index < -0.39 is 0 Å². The molecular formula is C26H34N3O5+. The van der Waals surface area contributed by atoms with E-state index in [1.165, 1.54) is 11.8 Å². The maximum Gasteiger partial charge on any atom is 0.217 e. The Bertz CT molecular complexity index is 1140. The van der Waals surface area contributed by atoms with E-state index in [9.17, 15) is 9.59 Å². The van der Waals surface area contributed by atoms with Gasteiger partial charge in [-0.1, -0.05) is 6.07 Å². The van der Waals surface area contributed by atoms with E-state index in [1.807, 2.05) is 18.2 Å². The van der Waals surface area contributed by atoms with Crippen LogP contribution >= 0.6 is 0 Å². The van der Waals surface area contributed by atoms with E-state index in [0.29, 0.717) is 35.8 Å². The number of hydrogen-bond acceptors (Lipinski definition) is 6. The Labute approximate surface area is 200 Å². The first-order valence-electron chi connectivity index (χ1n) is 11.7. The summed E-state index contributed by atoms with van der Waals surface area (Å²) in [4.78, 5) is 29.2. The van der Waals surface area contributed by atoms with E-state index in [-0.39, 0.29) is 17.4 Å². The van der Waals surface area contributed by atoms with Crippen molar-refractivity contribution in [1.82, 2.24) is 5.32 Å². The first-order chi connectivity index (χ1) is 16.4. The van der Waals surface area contributed by atoms with Gasteiger partial charge in [-0.2, -0.15) is 0 Å². The molecule has 8 nitrogen and oxygen atoms in total. The predicted molar refractivity (Wildman–Crippen MR) is 132 cm³/mol. The van der Waals surface area contributed by atoms with Crippen LogP contribution in [-0.2, 0) is 11.2 Å². The minimum atomic E-state index is -0.300. The number of benzene rings is 1. The number of carbonyl (C=O) groups excluding carboxylic acids is 1. The minimum absolute atomic E-state index is 0.0425. The molecule has 1 atom stereocenters. The average molecular weight is 469 g/mol. The third-order valence-corrected chi connectivity index (χ3v) is 6.85. The molecule has 2 N–H and O–H groups in total. The number of methoxy groups -OCH3 is 3. The van der Waals surface area contributed by atoms with Crippen LogP contribution in [-0.4, -0.2) is 60.5 Å². The van der Waals surface area contributed by atoms with Gasteiger partial charge in [-0.3, -0.25) is 9.59 Å². The number of carbonyl (C=O) groups is 1. The number of aryl methyl sites for hydroxylation is 1. The van der Waals surface area contributed by atoms with Gasteiger partial charge in [-0.05, 0) is 47.7 Å². The van der Waals surface area contributed by atoms with Gasteiger partial charge in [0.15, 0.2) is 11.5 Å². The fourth-order valence-electron chi connectivity index (χ4n) is 5.09. The van der Waals surface area contributed by atoms with E-state index in [0.717, 1.165) is 48.4 Å². The Balaban J connectivity index is 1.97. The summed E-state index contributed by atoms with van der Waals surface area (Å²) in [7, 11) is 6.96. The Hall–Kier alpha value is -3.26. The maximum absolute atomic E-state index is 13.5. The second-order valence-electron chi connectivity index (χ2n) is 9.01. The lowest BCUT2D eigenvalue weighted by atomic mass is 9.95. The van der Waals surface area contributed by atoms with Crippen molar-refractivity contribution in [1.29, 1.82) is 0 Å². The molecule has 0 unspecified atom stereocenters. The van der Waals surface area contributed by atoms with Crippen molar-refractivity contribution in [3.8, 4) is 28.4 Å². The Morgan fingerprint density at radius 2 is 1.76 bits per heavy atom. The molecule has 1 aliphatic heterocycles. The molecule has 34 heavy (non-hydrogen) atoms. The van der Waals surface area contributed by atoms with Crippen LogP contribution in [0.25, 0.3) is 11.1 Å². The summed E-state index contributed by atoms with van der Waals surface area (Å²) in [6, 6.07) is 7.27. The van der Waals surface area contributed by atoms with Gasteiger partial charge in [-0.25, -0.2) is 0 Å². The number of quaternary nitrogens is 1. The monoisotopic (exact) mass is 468 g/mol. The second-order valence-corrected chi connectivity index (χ2v) is 9.01. The van der Waals surface area contributed by atoms with Crippen LogP contribution in [0.3, 0.4) is 0 Å². The summed E-state index contributed by atoms with van der Waals surface area (Å²) in [5.41, 5.74) is 4.17. The highest BCUT2D eigenvalue weighted by atomic mass is 16.5. The number of amides is 1. The largest absolute Gasteiger partial charge is 0.493 e. The van der Waals surface area contributed by atoms with Crippen molar-refractivity contribution in [2.24, 2.45) is 0 Å². The zero-order valence-corrected chi connectivity index (χ0v) is 20.6. The van der Waals surface area contributed by atoms with E-state index >= 15 is 0 Å². The summed E-state index contributed by atoms with van der Waals surface area (Å²) in [5, 5.41) is 3.06. The molecule has 0 bridgehead atoms. The summed E-state index contributed by atoms with van der Waals surface area (Å²) >= 11 is 0. The van der Waals surface area contributed by atoms with Gasteiger partial charge >= 0.3 is 0 Å². The van der Waals surface area contributed by atoms with Crippen molar-refractivity contribution < 1.29 is 23.9 Å². The zero-order chi connectivity index (χ0) is 24.4. The Morgan fingerprint density at radius 1 is 1.06 bits per heavy atom. The van der Waals surface area contributed by atoms with Crippen LogP contribution in [0.15, 0.2) is 29.1 Å². The van der Waals surface area contributed by atoms with Crippen molar-refractivity contribution in [3.63, 3.8) is 0 Å². The molecule has 1 fully saturated rings. The number of anilines is 1. The van der Waals surface area contributed by atoms with Crippen molar-refractivity contribution in [2.75, 3.05) is 59.5 Å². The van der Waals surface area contributed by atoms with Crippen molar-refractivity contribution >= 4 is 11.6 Å². The molecular weight excluding hydrogens is 434 g/mol. The Morgan fingerprint density at radius 3 is 2.38 bits per heavy atom. The topological polar surface area (TPSA) is 81.5 Å². The lowest BCUT2D eigenvalue weighted by molar-refractivity contribution is -0.880. The fourth-order valence-corrected chi connectivity index (χ4v) is 5.09. The smallest absolute Gasteiger partial charge is 0.217 e. The standard InChI is InChI=1S/C26H33N3O5/c1-16(30)27-20-8-6-17-14-23(32-3)25(33-4)26(34-5)24(17)18-7-9-21(22(31)15-19(18)20)29-12-10-28(2)11-13-29/h7,9,14-15,20H,6,8,10-13H2,1-5H3,(H,27,30)/p+1/t20-/m0/s1. The maximum atomic E-state index is 13.5. The van der Waals surface area contributed by atoms with Crippen LogP contribution < -0.4 is 34.8 Å². The SMILES string of the molecule is COc1cc2c(c(OC)c1OC)-c1ccc(N3CC[NH+](C)CC3)c(=O)cc1[C@@H](NC(C)=O)CC2. The van der Waals surface area contributed by atoms with Gasteiger partial charge in [-0.15, -0.1) is 0 Å². The van der Waals surface area contributed by atoms with Gasteiger partial charge in [0, 0.05) is 12.5 Å². The molecule has 2 aromatic carbocycles. The molecule has 1 saturated heterocycles. The highest BCUT2D eigenvalue weighted by Crippen LogP contribution is 2.50. The molecule has 0 aromatic heterocycles. The number of piperazine rings is 1. The van der Waals surface area contributed by atoms with Gasteiger partial charge in [0.1, 0.15) is 0 Å². The van der Waals surface area contributed by atoms with E-state index in [4.69, 9.17) is 14.2 Å². The Kier molecular flexibility index (Phi) is 6.97. The zero-order valence-electron chi connectivity index (χ0n) is 20.6. The normalized spacial score (nSPS) is 17.8. The van der Waals surface area contributed by atoms with Crippen LogP contribution in [0, 0.1) is 0 Å². The van der Waals surface area contributed by atoms with Crippen molar-refractivity contribution in [2.45, 2.75) is 25.8 Å². The molecule has 4 rings (SSSR count). The molecule has 8 heteroatoms. The van der Waals surface area contributed by atoms with Crippen molar-refractivity contribution in [3.05, 3.63) is 45.6 Å². The summed E-state index contributed by atoms with van der Waals surface area (Å²) in [6.07, 6.45) is 1.33. The van der Waals surface area contributed by atoms with E-state index in [1.54, 1.807) is 27.4 Å². The number of ether oxygens (including phenoxy) is 3. The third kappa shape index (κ3) is 4.42. The molecule has 0 radical (unpaired) electrons. The van der Waals surface area contributed by atoms with Crippen LogP contribution in [0.5, 0.6) is 17.2 Å². The molecule has 0 saturated carbocycles. The number of nitrogens with one attached hydrogen (secondary N) is 2. The van der Waals surface area contributed by atoms with Crippen LogP contribution in [0.1, 0.15) is 30.5 Å². The number of nitrogens with zero attached hydrogens (tertiary/aromatic N) is 1. The summed E-state index contributed by atoms with van der Waals surface area (Å²) < 4.78 is 17.1. The highest BCUT2D eigenvalue weighted by molar-refractivity contribution is 5.83. The number of hydrogen-bond donors (Lipinski definition) is 2. The minimum Gasteiger partial charge on any atom is -0.493 e. The first-order valence-corrected chi connectivity index (χ1v) is 11.7. The van der Waals surface area contributed by atoms with Crippen LogP contribution in [0.2, 0.25) is 0 Å².